The summed E-state index contributed by atoms with van der Waals surface area (Å²) in [4.78, 5) is 36.1. The van der Waals surface area contributed by atoms with Gasteiger partial charge in [-0.15, -0.1) is 10.2 Å². The van der Waals surface area contributed by atoms with Gasteiger partial charge < -0.3 is 10.1 Å². The zero-order valence-electron chi connectivity index (χ0n) is 16.1. The second-order valence-corrected chi connectivity index (χ2v) is 7.47. The Bertz CT molecular complexity index is 1050. The van der Waals surface area contributed by atoms with Gasteiger partial charge >= 0.3 is 5.97 Å². The maximum absolute atomic E-state index is 12.9. The summed E-state index contributed by atoms with van der Waals surface area (Å²) in [5.74, 6) is -1.70. The van der Waals surface area contributed by atoms with E-state index >= 15 is 0 Å². The summed E-state index contributed by atoms with van der Waals surface area (Å²) in [6.07, 6.45) is -0.166. The van der Waals surface area contributed by atoms with E-state index in [0.29, 0.717) is 16.3 Å². The summed E-state index contributed by atoms with van der Waals surface area (Å²) in [6, 6.07) is 12.4. The van der Waals surface area contributed by atoms with Gasteiger partial charge in [-0.25, -0.2) is 4.39 Å². The van der Waals surface area contributed by atoms with Gasteiger partial charge in [-0.2, -0.15) is 0 Å². The highest BCUT2D eigenvalue weighted by Gasteiger charge is 2.15. The van der Waals surface area contributed by atoms with Crippen molar-refractivity contribution in [2.75, 3.05) is 5.32 Å². The van der Waals surface area contributed by atoms with Crippen LogP contribution in [0, 0.1) is 12.7 Å². The third-order valence-electron chi connectivity index (χ3n) is 4.05. The highest BCUT2D eigenvalue weighted by Crippen LogP contribution is 2.15. The molecule has 1 aromatic heterocycles. The molecule has 3 aromatic rings. The van der Waals surface area contributed by atoms with Gasteiger partial charge in [-0.1, -0.05) is 29.0 Å². The molecule has 2 aromatic carbocycles. The van der Waals surface area contributed by atoms with E-state index in [-0.39, 0.29) is 30.2 Å². The van der Waals surface area contributed by atoms with Crippen LogP contribution < -0.4 is 5.32 Å². The first-order valence-electron chi connectivity index (χ1n) is 9.05. The molecule has 0 spiro atoms. The molecule has 1 amide bonds. The number of amides is 1. The van der Waals surface area contributed by atoms with Gasteiger partial charge in [0.05, 0.1) is 6.42 Å². The molecule has 30 heavy (non-hydrogen) atoms. The molecular weight excluding hydrogens is 409 g/mol. The van der Waals surface area contributed by atoms with Crippen molar-refractivity contribution in [3.63, 3.8) is 0 Å². The van der Waals surface area contributed by atoms with E-state index in [1.165, 1.54) is 24.3 Å². The molecular formula is C21H18FN3O4S. The number of nitrogens with one attached hydrogen (secondary N) is 1. The first-order valence-corrected chi connectivity index (χ1v) is 9.87. The number of ketones is 1. The van der Waals surface area contributed by atoms with Crippen LogP contribution in [0.15, 0.2) is 48.5 Å². The van der Waals surface area contributed by atoms with E-state index < -0.39 is 17.7 Å². The van der Waals surface area contributed by atoms with Crippen LogP contribution >= 0.6 is 11.3 Å². The first kappa shape index (κ1) is 21.3. The van der Waals surface area contributed by atoms with Crippen molar-refractivity contribution in [3.8, 4) is 0 Å². The van der Waals surface area contributed by atoms with Crippen LogP contribution in [0.4, 0.5) is 10.1 Å². The second kappa shape index (κ2) is 9.84. The minimum absolute atomic E-state index is 0.0508. The van der Waals surface area contributed by atoms with E-state index in [9.17, 15) is 18.8 Å². The van der Waals surface area contributed by atoms with Crippen molar-refractivity contribution >= 4 is 34.7 Å². The maximum atomic E-state index is 12.9. The molecule has 0 saturated heterocycles. The summed E-state index contributed by atoms with van der Waals surface area (Å²) in [5.41, 5.74) is 2.05. The Balaban J connectivity index is 1.44. The Hall–Kier alpha value is -3.46. The van der Waals surface area contributed by atoms with Gasteiger partial charge in [0, 0.05) is 17.7 Å². The number of carbonyl (C=O) groups excluding carboxylic acids is 3. The van der Waals surface area contributed by atoms with E-state index in [1.807, 2.05) is 19.1 Å². The number of carbonyl (C=O) groups is 3. The molecule has 0 bridgehead atoms. The molecule has 0 saturated carbocycles. The second-order valence-electron chi connectivity index (χ2n) is 6.41. The fourth-order valence-electron chi connectivity index (χ4n) is 2.44. The number of anilines is 1. The smallest absolute Gasteiger partial charge is 0.306 e. The zero-order chi connectivity index (χ0) is 21.5. The van der Waals surface area contributed by atoms with Crippen molar-refractivity contribution in [2.24, 2.45) is 0 Å². The van der Waals surface area contributed by atoms with Crippen LogP contribution in [0.2, 0.25) is 0 Å². The predicted octanol–water partition coefficient (Wildman–Crippen LogP) is 3.94. The number of Topliss-reactive ketones (excluding diaryl/α,β-unsaturated/α-hetero) is 1. The number of nitrogens with zero attached hydrogens (tertiary/aromatic N) is 2. The molecule has 1 N–H and O–H groups in total. The van der Waals surface area contributed by atoms with Crippen molar-refractivity contribution in [3.05, 3.63) is 75.5 Å². The number of aromatic nitrogens is 2. The molecule has 9 heteroatoms. The number of esters is 1. The molecule has 0 fully saturated rings. The number of aryl methyl sites for hydroxylation is 1. The Morgan fingerprint density at radius 2 is 1.70 bits per heavy atom. The van der Waals surface area contributed by atoms with Gasteiger partial charge in [-0.3, -0.25) is 14.4 Å². The third kappa shape index (κ3) is 6.02. The van der Waals surface area contributed by atoms with Crippen LogP contribution in [-0.4, -0.2) is 27.9 Å². The monoisotopic (exact) mass is 427 g/mol. The number of ether oxygens (including phenoxy) is 1. The maximum Gasteiger partial charge on any atom is 0.306 e. The average molecular weight is 427 g/mol. The van der Waals surface area contributed by atoms with Crippen LogP contribution in [0.1, 0.15) is 43.6 Å². The average Bonchev–Trinajstić information content (AvgIpc) is 3.22. The minimum Gasteiger partial charge on any atom is -0.458 e. The summed E-state index contributed by atoms with van der Waals surface area (Å²) in [5, 5.41) is 10.9. The van der Waals surface area contributed by atoms with E-state index in [1.54, 1.807) is 12.1 Å². The number of rotatable bonds is 8. The zero-order valence-corrected chi connectivity index (χ0v) is 16.9. The molecule has 0 radical (unpaired) electrons. The molecule has 7 nitrogen and oxygen atoms in total. The molecule has 0 aliphatic rings. The quantitative estimate of drug-likeness (QED) is 0.432. The minimum atomic E-state index is -0.577. The van der Waals surface area contributed by atoms with Crippen LogP contribution in [0.25, 0.3) is 0 Å². The largest absolute Gasteiger partial charge is 0.458 e. The molecule has 3 rings (SSSR count). The van der Waals surface area contributed by atoms with Crippen molar-refractivity contribution in [1.82, 2.24) is 10.2 Å². The SMILES string of the molecule is Cc1ccc(NC(=O)c2nnc(COC(=O)CCC(=O)c3ccc(F)cc3)s2)cc1. The van der Waals surface area contributed by atoms with Gasteiger partial charge in [0.1, 0.15) is 12.4 Å². The van der Waals surface area contributed by atoms with Crippen molar-refractivity contribution in [1.29, 1.82) is 0 Å². The Labute approximate surface area is 175 Å². The van der Waals surface area contributed by atoms with Gasteiger partial charge in [-0.05, 0) is 43.3 Å². The molecule has 154 valence electrons. The summed E-state index contributed by atoms with van der Waals surface area (Å²) >= 11 is 1.01. The van der Waals surface area contributed by atoms with Gasteiger partial charge in [0.2, 0.25) is 5.01 Å². The molecule has 0 aliphatic heterocycles. The van der Waals surface area contributed by atoms with Crippen molar-refractivity contribution in [2.45, 2.75) is 26.4 Å². The fraction of sp³-hybridized carbons (Fsp3) is 0.190. The summed E-state index contributed by atoms with van der Waals surface area (Å²) in [6.45, 7) is 1.81. The number of hydrogen-bond donors (Lipinski definition) is 1. The summed E-state index contributed by atoms with van der Waals surface area (Å²) < 4.78 is 18.0. The summed E-state index contributed by atoms with van der Waals surface area (Å²) in [7, 11) is 0. The van der Waals surface area contributed by atoms with Crippen LogP contribution in [0.5, 0.6) is 0 Å². The Morgan fingerprint density at radius 1 is 1.00 bits per heavy atom. The molecule has 0 aliphatic carbocycles. The molecule has 0 unspecified atom stereocenters. The molecule has 1 heterocycles. The Morgan fingerprint density at radius 3 is 2.40 bits per heavy atom. The van der Waals surface area contributed by atoms with E-state index in [4.69, 9.17) is 4.74 Å². The normalized spacial score (nSPS) is 10.5. The lowest BCUT2D eigenvalue weighted by molar-refractivity contribution is -0.144. The topological polar surface area (TPSA) is 98.2 Å². The lowest BCUT2D eigenvalue weighted by Gasteiger charge is -2.03. The number of hydrogen-bond acceptors (Lipinski definition) is 7. The van der Waals surface area contributed by atoms with Crippen LogP contribution in [-0.2, 0) is 16.1 Å². The standard InChI is InChI=1S/C21H18FN3O4S/c1-13-2-8-16(9-3-13)23-20(28)21-25-24-18(30-21)12-29-19(27)11-10-17(26)14-4-6-15(22)7-5-14/h2-9H,10-12H2,1H3,(H,23,28). The third-order valence-corrected chi connectivity index (χ3v) is 4.95. The van der Waals surface area contributed by atoms with Gasteiger partial charge in [0.15, 0.2) is 10.8 Å². The number of halogens is 1. The fourth-order valence-corrected chi connectivity index (χ4v) is 3.08. The molecule has 0 atom stereocenters. The van der Waals surface area contributed by atoms with Crippen LogP contribution in [0.3, 0.4) is 0 Å². The highest BCUT2D eigenvalue weighted by atomic mass is 32.1. The lowest BCUT2D eigenvalue weighted by atomic mass is 10.1. The van der Waals surface area contributed by atoms with E-state index in [2.05, 4.69) is 15.5 Å². The first-order chi connectivity index (χ1) is 14.4. The van der Waals surface area contributed by atoms with Crippen molar-refractivity contribution < 1.29 is 23.5 Å². The highest BCUT2D eigenvalue weighted by molar-refractivity contribution is 7.13. The lowest BCUT2D eigenvalue weighted by Crippen LogP contribution is -2.11. The predicted molar refractivity (Wildman–Crippen MR) is 109 cm³/mol. The Kier molecular flexibility index (Phi) is 6.97. The van der Waals surface area contributed by atoms with Gasteiger partial charge in [0.25, 0.3) is 5.91 Å². The number of benzene rings is 2. The van der Waals surface area contributed by atoms with E-state index in [0.717, 1.165) is 16.9 Å².